The highest BCUT2D eigenvalue weighted by Crippen LogP contribution is 2.43. The first-order valence-electron chi connectivity index (χ1n) is 8.29. The van der Waals surface area contributed by atoms with Gasteiger partial charge >= 0.3 is 5.69 Å². The predicted molar refractivity (Wildman–Crippen MR) is 95.6 cm³/mol. The number of thioether (sulfide) groups is 1. The third kappa shape index (κ3) is 2.30. The van der Waals surface area contributed by atoms with Gasteiger partial charge in [0.1, 0.15) is 11.6 Å². The standard InChI is InChI=1S/C17H20F2N4OS/c1-8-5-21(3)6-10-7-25-15-11-14(12(18)9(2)13(15)19)22(4)17(24)20-16(11)23(8)10/h8,10H,5-7H2,1-4H3. The van der Waals surface area contributed by atoms with E-state index in [0.717, 1.165) is 13.1 Å². The number of halogens is 2. The summed E-state index contributed by atoms with van der Waals surface area (Å²) < 4.78 is 30.9. The minimum Gasteiger partial charge on any atom is -0.347 e. The summed E-state index contributed by atoms with van der Waals surface area (Å²) in [5, 5.41) is 0.423. The first-order chi connectivity index (χ1) is 11.8. The van der Waals surface area contributed by atoms with Crippen LogP contribution in [0.1, 0.15) is 12.5 Å². The van der Waals surface area contributed by atoms with Crippen LogP contribution in [0.5, 0.6) is 0 Å². The molecule has 134 valence electrons. The van der Waals surface area contributed by atoms with Crippen LogP contribution in [-0.2, 0) is 7.05 Å². The first-order valence-corrected chi connectivity index (χ1v) is 9.27. The average molecular weight is 366 g/mol. The predicted octanol–water partition coefficient (Wildman–Crippen LogP) is 2.13. The molecule has 1 aromatic carbocycles. The summed E-state index contributed by atoms with van der Waals surface area (Å²) in [5.41, 5.74) is -0.425. The minimum atomic E-state index is -0.680. The SMILES string of the molecule is Cc1c(F)c2c3c(nc(=O)n(C)c3c1F)N1C(C)CN(C)CC1CS2. The van der Waals surface area contributed by atoms with E-state index in [2.05, 4.69) is 21.7 Å². The topological polar surface area (TPSA) is 41.4 Å². The molecule has 5 nitrogen and oxygen atoms in total. The van der Waals surface area contributed by atoms with Gasteiger partial charge in [-0.25, -0.2) is 13.6 Å². The Bertz CT molecular complexity index is 945. The summed E-state index contributed by atoms with van der Waals surface area (Å²) in [6.45, 7) is 5.09. The van der Waals surface area contributed by atoms with E-state index < -0.39 is 17.3 Å². The van der Waals surface area contributed by atoms with E-state index >= 15 is 0 Å². The lowest BCUT2D eigenvalue weighted by Gasteiger charge is -2.44. The van der Waals surface area contributed by atoms with Crippen LogP contribution in [0.4, 0.5) is 14.6 Å². The lowest BCUT2D eigenvalue weighted by molar-refractivity contribution is 0.241. The Kier molecular flexibility index (Phi) is 3.81. The number of piperazine rings is 1. The molecular weight excluding hydrogens is 346 g/mol. The maximum absolute atomic E-state index is 14.9. The molecule has 1 saturated heterocycles. The summed E-state index contributed by atoms with van der Waals surface area (Å²) in [7, 11) is 3.53. The Morgan fingerprint density at radius 2 is 1.92 bits per heavy atom. The summed E-state index contributed by atoms with van der Waals surface area (Å²) in [6, 6.07) is 0.197. The molecular formula is C17H20F2N4OS. The maximum Gasteiger partial charge on any atom is 0.349 e. The zero-order chi connectivity index (χ0) is 18.0. The fourth-order valence-electron chi connectivity index (χ4n) is 4.05. The Balaban J connectivity index is 2.13. The lowest BCUT2D eigenvalue weighted by atomic mass is 10.1. The van der Waals surface area contributed by atoms with E-state index in [1.54, 1.807) is 0 Å². The molecule has 2 atom stereocenters. The number of aromatic nitrogens is 2. The summed E-state index contributed by atoms with van der Waals surface area (Å²) in [6.07, 6.45) is 0. The molecule has 0 saturated carbocycles. The van der Waals surface area contributed by atoms with Gasteiger partial charge in [-0.15, -0.1) is 11.8 Å². The van der Waals surface area contributed by atoms with Crippen LogP contribution in [0.3, 0.4) is 0 Å². The van der Waals surface area contributed by atoms with Gasteiger partial charge < -0.3 is 9.80 Å². The molecule has 2 aliphatic rings. The molecule has 0 spiro atoms. The molecule has 2 unspecified atom stereocenters. The minimum absolute atomic E-state index is 0.0489. The Hall–Kier alpha value is -1.67. The molecule has 3 heterocycles. The summed E-state index contributed by atoms with van der Waals surface area (Å²) in [5.74, 6) is -0.139. The number of fused-ring (bicyclic) bond motifs is 2. The van der Waals surface area contributed by atoms with Gasteiger partial charge in [-0.1, -0.05) is 0 Å². The number of nitrogens with zero attached hydrogens (tertiary/aromatic N) is 4. The fourth-order valence-corrected chi connectivity index (χ4v) is 5.29. The van der Waals surface area contributed by atoms with Crippen molar-refractivity contribution in [2.24, 2.45) is 7.05 Å². The van der Waals surface area contributed by atoms with Crippen LogP contribution in [0, 0.1) is 18.6 Å². The summed E-state index contributed by atoms with van der Waals surface area (Å²) in [4.78, 5) is 21.3. The van der Waals surface area contributed by atoms with Crippen molar-refractivity contribution in [3.8, 4) is 0 Å². The van der Waals surface area contributed by atoms with E-state index in [1.807, 2.05) is 7.05 Å². The number of hydrogen-bond donors (Lipinski definition) is 0. The van der Waals surface area contributed by atoms with Crippen molar-refractivity contribution < 1.29 is 8.78 Å². The number of benzene rings is 1. The molecule has 2 aromatic rings. The van der Waals surface area contributed by atoms with E-state index in [9.17, 15) is 13.6 Å². The normalized spacial score (nSPS) is 23.7. The molecule has 1 fully saturated rings. The molecule has 0 aliphatic carbocycles. The van der Waals surface area contributed by atoms with Crippen LogP contribution in [0.15, 0.2) is 9.69 Å². The van der Waals surface area contributed by atoms with Crippen LogP contribution >= 0.6 is 11.8 Å². The number of rotatable bonds is 0. The van der Waals surface area contributed by atoms with Gasteiger partial charge in [0.2, 0.25) is 0 Å². The Morgan fingerprint density at radius 3 is 2.64 bits per heavy atom. The van der Waals surface area contributed by atoms with Gasteiger partial charge in [0, 0.05) is 37.5 Å². The maximum atomic E-state index is 14.9. The van der Waals surface area contributed by atoms with Crippen LogP contribution in [0.25, 0.3) is 10.9 Å². The molecule has 1 aromatic heterocycles. The number of hydrogen-bond acceptors (Lipinski definition) is 5. The fraction of sp³-hybridized carbons (Fsp3) is 0.529. The van der Waals surface area contributed by atoms with Gasteiger partial charge in [-0.2, -0.15) is 4.98 Å². The smallest absolute Gasteiger partial charge is 0.347 e. The van der Waals surface area contributed by atoms with Gasteiger partial charge in [-0.05, 0) is 20.9 Å². The van der Waals surface area contributed by atoms with Gasteiger partial charge in [0.05, 0.1) is 21.8 Å². The second-order valence-electron chi connectivity index (χ2n) is 7.03. The molecule has 0 N–H and O–H groups in total. The Labute approximate surface area is 148 Å². The highest BCUT2D eigenvalue weighted by molar-refractivity contribution is 7.99. The van der Waals surface area contributed by atoms with E-state index in [4.69, 9.17) is 0 Å². The highest BCUT2D eigenvalue weighted by Gasteiger charge is 2.37. The third-order valence-corrected chi connectivity index (χ3v) is 6.43. The first kappa shape index (κ1) is 16.8. The molecule has 8 heteroatoms. The molecule has 25 heavy (non-hydrogen) atoms. The van der Waals surface area contributed by atoms with E-state index in [1.165, 1.54) is 30.3 Å². The van der Waals surface area contributed by atoms with Crippen molar-refractivity contribution in [1.29, 1.82) is 0 Å². The average Bonchev–Trinajstić information content (AvgIpc) is 2.70. The molecule has 0 bridgehead atoms. The van der Waals surface area contributed by atoms with Gasteiger partial charge in [0.15, 0.2) is 5.82 Å². The quantitative estimate of drug-likeness (QED) is 0.715. The molecule has 0 amide bonds. The van der Waals surface area contributed by atoms with Crippen molar-refractivity contribution >= 4 is 28.5 Å². The zero-order valence-electron chi connectivity index (χ0n) is 14.6. The molecule has 4 rings (SSSR count). The third-order valence-electron chi connectivity index (χ3n) is 5.21. The second-order valence-corrected chi connectivity index (χ2v) is 8.06. The van der Waals surface area contributed by atoms with Crippen LogP contribution < -0.4 is 10.6 Å². The largest absolute Gasteiger partial charge is 0.349 e. The zero-order valence-corrected chi connectivity index (χ0v) is 15.5. The lowest BCUT2D eigenvalue weighted by Crippen LogP contribution is -2.58. The van der Waals surface area contributed by atoms with Crippen LogP contribution in [0.2, 0.25) is 0 Å². The Morgan fingerprint density at radius 1 is 1.20 bits per heavy atom. The van der Waals surface area contributed by atoms with Crippen molar-refractivity contribution in [2.45, 2.75) is 30.8 Å². The highest BCUT2D eigenvalue weighted by atomic mass is 32.2. The number of aryl methyl sites for hydroxylation is 1. The van der Waals surface area contributed by atoms with Gasteiger partial charge in [-0.3, -0.25) is 4.57 Å². The number of likely N-dealkylation sites (N-methyl/N-ethyl adjacent to an activating group) is 1. The van der Waals surface area contributed by atoms with Crippen LogP contribution in [-0.4, -0.2) is 52.4 Å². The van der Waals surface area contributed by atoms with Gasteiger partial charge in [0.25, 0.3) is 0 Å². The van der Waals surface area contributed by atoms with Crippen molar-refractivity contribution in [2.75, 3.05) is 30.8 Å². The van der Waals surface area contributed by atoms with E-state index in [0.29, 0.717) is 21.9 Å². The number of anilines is 1. The molecule has 0 radical (unpaired) electrons. The van der Waals surface area contributed by atoms with Crippen molar-refractivity contribution in [1.82, 2.24) is 14.5 Å². The monoisotopic (exact) mass is 366 g/mol. The second kappa shape index (κ2) is 5.67. The molecule has 2 aliphatic heterocycles. The van der Waals surface area contributed by atoms with Crippen molar-refractivity contribution in [3.05, 3.63) is 27.7 Å². The van der Waals surface area contributed by atoms with Crippen molar-refractivity contribution in [3.63, 3.8) is 0 Å². The van der Waals surface area contributed by atoms with E-state index in [-0.39, 0.29) is 23.2 Å². The summed E-state index contributed by atoms with van der Waals surface area (Å²) >= 11 is 1.39.